The third kappa shape index (κ3) is 11.5. The quantitative estimate of drug-likeness (QED) is 0.0752. The van der Waals surface area contributed by atoms with E-state index in [1.54, 1.807) is 0 Å². The van der Waals surface area contributed by atoms with Crippen LogP contribution in [0.15, 0.2) is 0 Å². The van der Waals surface area contributed by atoms with Gasteiger partial charge in [0.1, 0.15) is 54.9 Å². The maximum absolute atomic E-state index is 12.6. The molecule has 1 saturated carbocycles. The molecule has 0 aromatic heterocycles. The molecule has 0 aromatic rings. The van der Waals surface area contributed by atoms with Gasteiger partial charge in [-0.25, -0.2) is 0 Å². The highest BCUT2D eigenvalue weighted by Crippen LogP contribution is 2.31. The van der Waals surface area contributed by atoms with Crippen molar-refractivity contribution in [2.75, 3.05) is 6.61 Å². The van der Waals surface area contributed by atoms with Crippen molar-refractivity contribution >= 4 is 5.97 Å². The molecule has 12 heteroatoms. The average molecular weight is 609 g/mol. The summed E-state index contributed by atoms with van der Waals surface area (Å²) in [5, 5.41) is 81.1. The molecule has 2 rings (SSSR count). The summed E-state index contributed by atoms with van der Waals surface area (Å²) in [7, 11) is 0. The van der Waals surface area contributed by atoms with Crippen LogP contribution < -0.4 is 0 Å². The number of carbonyl (C=O) groups is 1. The molecule has 0 aromatic carbocycles. The fourth-order valence-electron chi connectivity index (χ4n) is 5.61. The van der Waals surface area contributed by atoms with E-state index in [4.69, 9.17) is 14.2 Å². The number of hydrogen-bond donors (Lipinski definition) is 8. The number of aliphatic hydroxyl groups is 8. The van der Waals surface area contributed by atoms with E-state index in [1.807, 2.05) is 0 Å². The average Bonchev–Trinajstić information content (AvgIpc) is 2.96. The maximum atomic E-state index is 12.6. The van der Waals surface area contributed by atoms with Gasteiger partial charge in [0, 0.05) is 6.42 Å². The largest absolute Gasteiger partial charge is 0.457 e. The zero-order valence-electron chi connectivity index (χ0n) is 25.2. The molecule has 0 amide bonds. The standard InChI is InChI=1S/C30H56O12/c1-18(2)15-13-11-9-7-5-3-4-6-8-10-12-14-16-20(32)41-28-25(37)23(35)24(36)26(38)29(28)42-30-27(39)22(34)21(33)19(17-31)40-30/h18-19,21-31,33-39H,3-17H2,1-2H3. The van der Waals surface area contributed by atoms with E-state index in [1.165, 1.54) is 51.4 Å². The van der Waals surface area contributed by atoms with Crippen molar-refractivity contribution < 1.29 is 59.9 Å². The maximum Gasteiger partial charge on any atom is 0.306 e. The third-order valence-electron chi connectivity index (χ3n) is 8.37. The molecule has 0 bridgehead atoms. The van der Waals surface area contributed by atoms with Gasteiger partial charge in [-0.05, 0) is 12.3 Å². The summed E-state index contributed by atoms with van der Waals surface area (Å²) in [5.74, 6) is 0.0872. The van der Waals surface area contributed by atoms with Crippen molar-refractivity contribution in [3.8, 4) is 0 Å². The second-order valence-electron chi connectivity index (χ2n) is 12.4. The Morgan fingerprint density at radius 1 is 0.619 bits per heavy atom. The van der Waals surface area contributed by atoms with E-state index in [0.717, 1.165) is 31.6 Å². The summed E-state index contributed by atoms with van der Waals surface area (Å²) in [4.78, 5) is 12.6. The Morgan fingerprint density at radius 3 is 1.57 bits per heavy atom. The van der Waals surface area contributed by atoms with Crippen LogP contribution in [0, 0.1) is 5.92 Å². The van der Waals surface area contributed by atoms with Crippen LogP contribution in [0.25, 0.3) is 0 Å². The minimum absolute atomic E-state index is 0.0293. The first-order chi connectivity index (χ1) is 20.0. The number of unbranched alkanes of at least 4 members (excludes halogenated alkanes) is 11. The number of ether oxygens (including phenoxy) is 3. The van der Waals surface area contributed by atoms with Crippen LogP contribution in [-0.2, 0) is 19.0 Å². The van der Waals surface area contributed by atoms with Crippen LogP contribution in [0.4, 0.5) is 0 Å². The molecule has 1 aliphatic carbocycles. The Labute approximate surface area is 249 Å². The second-order valence-corrected chi connectivity index (χ2v) is 12.4. The van der Waals surface area contributed by atoms with Gasteiger partial charge in [0.2, 0.25) is 0 Å². The zero-order chi connectivity index (χ0) is 31.2. The summed E-state index contributed by atoms with van der Waals surface area (Å²) < 4.78 is 16.2. The van der Waals surface area contributed by atoms with Crippen LogP contribution in [0.2, 0.25) is 0 Å². The SMILES string of the molecule is CC(C)CCCCCCCCCCCCCCC(=O)OC1C(O)C(O)C(O)C(O)C1OC1OC(CO)C(O)C(O)C1O. The topological polar surface area (TPSA) is 207 Å². The van der Waals surface area contributed by atoms with Crippen molar-refractivity contribution in [2.45, 2.75) is 171 Å². The van der Waals surface area contributed by atoms with Gasteiger partial charge in [0.15, 0.2) is 12.4 Å². The second kappa shape index (κ2) is 19.5. The Balaban J connectivity index is 1.72. The Morgan fingerprint density at radius 2 is 1.07 bits per heavy atom. The van der Waals surface area contributed by atoms with Crippen molar-refractivity contribution in [3.05, 3.63) is 0 Å². The number of aliphatic hydroxyl groups excluding tert-OH is 8. The highest BCUT2D eigenvalue weighted by Gasteiger charge is 2.54. The van der Waals surface area contributed by atoms with Crippen LogP contribution in [0.1, 0.15) is 104 Å². The van der Waals surface area contributed by atoms with E-state index in [0.29, 0.717) is 6.42 Å². The first-order valence-corrected chi connectivity index (χ1v) is 15.9. The predicted octanol–water partition coefficient (Wildman–Crippen LogP) is 0.658. The van der Waals surface area contributed by atoms with Gasteiger partial charge in [0.05, 0.1) is 6.61 Å². The lowest BCUT2D eigenvalue weighted by atomic mass is 9.84. The van der Waals surface area contributed by atoms with E-state index >= 15 is 0 Å². The van der Waals surface area contributed by atoms with Crippen molar-refractivity contribution in [1.82, 2.24) is 0 Å². The lowest BCUT2D eigenvalue weighted by Gasteiger charge is -2.46. The highest BCUT2D eigenvalue weighted by molar-refractivity contribution is 5.69. The summed E-state index contributed by atoms with van der Waals surface area (Å²) in [6.07, 6.45) is -4.06. The highest BCUT2D eigenvalue weighted by atomic mass is 16.7. The first-order valence-electron chi connectivity index (χ1n) is 15.9. The van der Waals surface area contributed by atoms with E-state index in [9.17, 15) is 45.6 Å². The fourth-order valence-corrected chi connectivity index (χ4v) is 5.61. The molecule has 2 aliphatic rings. The van der Waals surface area contributed by atoms with Crippen LogP contribution >= 0.6 is 0 Å². The molecule has 2 fully saturated rings. The smallest absolute Gasteiger partial charge is 0.306 e. The molecule has 8 N–H and O–H groups in total. The summed E-state index contributed by atoms with van der Waals surface area (Å²) in [5.41, 5.74) is 0. The third-order valence-corrected chi connectivity index (χ3v) is 8.37. The molecular weight excluding hydrogens is 552 g/mol. The van der Waals surface area contributed by atoms with Crippen LogP contribution in [-0.4, -0.2) is 121 Å². The van der Waals surface area contributed by atoms with Crippen molar-refractivity contribution in [3.63, 3.8) is 0 Å². The van der Waals surface area contributed by atoms with E-state index in [2.05, 4.69) is 13.8 Å². The predicted molar refractivity (Wildman–Crippen MR) is 152 cm³/mol. The molecule has 42 heavy (non-hydrogen) atoms. The van der Waals surface area contributed by atoms with Gasteiger partial charge in [-0.15, -0.1) is 0 Å². The molecule has 248 valence electrons. The van der Waals surface area contributed by atoms with E-state index in [-0.39, 0.29) is 6.42 Å². The van der Waals surface area contributed by atoms with Gasteiger partial charge >= 0.3 is 5.97 Å². The molecule has 1 heterocycles. The normalized spacial score (nSPS) is 35.5. The van der Waals surface area contributed by atoms with Gasteiger partial charge in [-0.1, -0.05) is 90.9 Å². The summed E-state index contributed by atoms with van der Waals surface area (Å²) in [6.45, 7) is 3.81. The zero-order valence-corrected chi connectivity index (χ0v) is 25.2. The Hall–Kier alpha value is -0.930. The molecule has 12 nitrogen and oxygen atoms in total. The molecule has 11 unspecified atom stereocenters. The van der Waals surface area contributed by atoms with Crippen LogP contribution in [0.3, 0.4) is 0 Å². The van der Waals surface area contributed by atoms with Gasteiger partial charge in [-0.2, -0.15) is 0 Å². The number of rotatable bonds is 19. The Kier molecular flexibility index (Phi) is 17.3. The molecule has 0 radical (unpaired) electrons. The summed E-state index contributed by atoms with van der Waals surface area (Å²) >= 11 is 0. The number of hydrogen-bond acceptors (Lipinski definition) is 12. The van der Waals surface area contributed by atoms with Gasteiger partial charge in [0.25, 0.3) is 0 Å². The fraction of sp³-hybridized carbons (Fsp3) is 0.967. The minimum Gasteiger partial charge on any atom is -0.457 e. The number of esters is 1. The Bertz CT molecular complexity index is 737. The molecule has 1 aliphatic heterocycles. The lowest BCUT2D eigenvalue weighted by molar-refractivity contribution is -0.340. The van der Waals surface area contributed by atoms with Crippen molar-refractivity contribution in [1.29, 1.82) is 0 Å². The minimum atomic E-state index is -1.88. The summed E-state index contributed by atoms with van der Waals surface area (Å²) in [6, 6.07) is 0. The van der Waals surface area contributed by atoms with Gasteiger partial charge < -0.3 is 55.1 Å². The van der Waals surface area contributed by atoms with E-state index < -0.39 is 79.9 Å². The van der Waals surface area contributed by atoms with Crippen molar-refractivity contribution in [2.24, 2.45) is 5.92 Å². The molecule has 11 atom stereocenters. The van der Waals surface area contributed by atoms with Gasteiger partial charge in [-0.3, -0.25) is 4.79 Å². The molecule has 0 spiro atoms. The molecule has 1 saturated heterocycles. The lowest BCUT2D eigenvalue weighted by Crippen LogP contribution is -2.67. The molecular formula is C30H56O12. The first kappa shape index (κ1) is 37.3. The monoisotopic (exact) mass is 608 g/mol. The number of carbonyl (C=O) groups excluding carboxylic acids is 1. The van der Waals surface area contributed by atoms with Crippen LogP contribution in [0.5, 0.6) is 0 Å².